The highest BCUT2D eigenvalue weighted by molar-refractivity contribution is 4.93. The third-order valence-electron chi connectivity index (χ3n) is 3.33. The van der Waals surface area contributed by atoms with Crippen molar-refractivity contribution in [3.8, 4) is 0 Å². The van der Waals surface area contributed by atoms with Crippen molar-refractivity contribution in [2.45, 2.75) is 46.0 Å². The standard InChI is InChI=1S/C13H25N/c1-4-14-10-13-8-6-5-7-12(13)9-11(2)3/h12-14H,2,4-10H2,1,3H3. The van der Waals surface area contributed by atoms with Gasteiger partial charge < -0.3 is 5.32 Å². The van der Waals surface area contributed by atoms with Crippen molar-refractivity contribution in [3.63, 3.8) is 0 Å². The molecule has 82 valence electrons. The highest BCUT2D eigenvalue weighted by Crippen LogP contribution is 2.33. The molecule has 0 saturated heterocycles. The SMILES string of the molecule is C=C(C)CC1CCCCC1CNCC. The Morgan fingerprint density at radius 2 is 1.93 bits per heavy atom. The average Bonchev–Trinajstić information content (AvgIpc) is 2.16. The zero-order valence-corrected chi connectivity index (χ0v) is 9.81. The molecule has 14 heavy (non-hydrogen) atoms. The first-order valence-electron chi connectivity index (χ1n) is 6.09. The fourth-order valence-electron chi connectivity index (χ4n) is 2.60. The molecule has 1 aliphatic carbocycles. The molecule has 1 nitrogen and oxygen atoms in total. The van der Waals surface area contributed by atoms with Crippen LogP contribution >= 0.6 is 0 Å². The minimum absolute atomic E-state index is 0.903. The summed E-state index contributed by atoms with van der Waals surface area (Å²) in [6.07, 6.45) is 6.95. The normalized spacial score (nSPS) is 27.6. The van der Waals surface area contributed by atoms with E-state index >= 15 is 0 Å². The predicted octanol–water partition coefficient (Wildman–Crippen LogP) is 3.37. The van der Waals surface area contributed by atoms with Crippen molar-refractivity contribution in [1.29, 1.82) is 0 Å². The minimum Gasteiger partial charge on any atom is -0.317 e. The first-order chi connectivity index (χ1) is 6.74. The van der Waals surface area contributed by atoms with E-state index in [0.717, 1.165) is 18.4 Å². The summed E-state index contributed by atoms with van der Waals surface area (Å²) >= 11 is 0. The highest BCUT2D eigenvalue weighted by Gasteiger charge is 2.24. The van der Waals surface area contributed by atoms with Crippen molar-refractivity contribution >= 4 is 0 Å². The topological polar surface area (TPSA) is 12.0 Å². The van der Waals surface area contributed by atoms with Gasteiger partial charge in [0.25, 0.3) is 0 Å². The van der Waals surface area contributed by atoms with Crippen LogP contribution in [0.5, 0.6) is 0 Å². The Bertz CT molecular complexity index is 174. The van der Waals surface area contributed by atoms with Gasteiger partial charge in [-0.1, -0.05) is 25.3 Å². The smallest absolute Gasteiger partial charge is 0.00179 e. The van der Waals surface area contributed by atoms with Gasteiger partial charge in [-0.05, 0) is 51.1 Å². The van der Waals surface area contributed by atoms with Gasteiger partial charge in [0.2, 0.25) is 0 Å². The van der Waals surface area contributed by atoms with Gasteiger partial charge >= 0.3 is 0 Å². The van der Waals surface area contributed by atoms with Crippen LogP contribution in [0.25, 0.3) is 0 Å². The van der Waals surface area contributed by atoms with Crippen molar-refractivity contribution < 1.29 is 0 Å². The minimum atomic E-state index is 0.903. The van der Waals surface area contributed by atoms with E-state index in [1.165, 1.54) is 44.2 Å². The van der Waals surface area contributed by atoms with Crippen LogP contribution in [0.4, 0.5) is 0 Å². The zero-order chi connectivity index (χ0) is 10.4. The van der Waals surface area contributed by atoms with Gasteiger partial charge in [0.1, 0.15) is 0 Å². The average molecular weight is 195 g/mol. The molecule has 1 N–H and O–H groups in total. The van der Waals surface area contributed by atoms with Crippen LogP contribution in [0, 0.1) is 11.8 Å². The second-order valence-electron chi connectivity index (χ2n) is 4.77. The van der Waals surface area contributed by atoms with Crippen molar-refractivity contribution in [3.05, 3.63) is 12.2 Å². The monoisotopic (exact) mass is 195 g/mol. The van der Waals surface area contributed by atoms with Crippen molar-refractivity contribution in [1.82, 2.24) is 5.32 Å². The molecule has 0 spiro atoms. The molecule has 0 bridgehead atoms. The van der Waals surface area contributed by atoms with Crippen LogP contribution in [0.3, 0.4) is 0 Å². The van der Waals surface area contributed by atoms with Gasteiger partial charge in [-0.3, -0.25) is 0 Å². The number of rotatable bonds is 5. The van der Waals surface area contributed by atoms with E-state index in [0.29, 0.717) is 0 Å². The summed E-state index contributed by atoms with van der Waals surface area (Å²) < 4.78 is 0. The first-order valence-corrected chi connectivity index (χ1v) is 6.09. The summed E-state index contributed by atoms with van der Waals surface area (Å²) in [5.74, 6) is 1.81. The molecule has 0 aromatic rings. The summed E-state index contributed by atoms with van der Waals surface area (Å²) in [7, 11) is 0. The Morgan fingerprint density at radius 1 is 1.29 bits per heavy atom. The number of hydrogen-bond acceptors (Lipinski definition) is 1. The molecule has 2 unspecified atom stereocenters. The van der Waals surface area contributed by atoms with Gasteiger partial charge in [-0.25, -0.2) is 0 Å². The number of nitrogens with one attached hydrogen (secondary N) is 1. The van der Waals surface area contributed by atoms with E-state index < -0.39 is 0 Å². The molecular weight excluding hydrogens is 170 g/mol. The Balaban J connectivity index is 2.37. The van der Waals surface area contributed by atoms with Crippen LogP contribution in [-0.4, -0.2) is 13.1 Å². The Morgan fingerprint density at radius 3 is 2.50 bits per heavy atom. The molecule has 0 aromatic carbocycles. The maximum Gasteiger partial charge on any atom is -0.00179 e. The highest BCUT2D eigenvalue weighted by atomic mass is 14.8. The van der Waals surface area contributed by atoms with Gasteiger partial charge in [0.15, 0.2) is 0 Å². The summed E-state index contributed by atoms with van der Waals surface area (Å²) in [5.41, 5.74) is 1.36. The first kappa shape index (κ1) is 11.8. The van der Waals surface area contributed by atoms with Crippen LogP contribution in [0.2, 0.25) is 0 Å². The lowest BCUT2D eigenvalue weighted by molar-refractivity contribution is 0.229. The molecule has 1 heteroatoms. The molecule has 0 aliphatic heterocycles. The number of hydrogen-bond donors (Lipinski definition) is 1. The van der Waals surface area contributed by atoms with Crippen molar-refractivity contribution in [2.24, 2.45) is 11.8 Å². The second kappa shape index (κ2) is 6.23. The second-order valence-corrected chi connectivity index (χ2v) is 4.77. The quantitative estimate of drug-likeness (QED) is 0.663. The Labute approximate surface area is 89.0 Å². The Kier molecular flexibility index (Phi) is 5.24. The van der Waals surface area contributed by atoms with Crippen LogP contribution in [-0.2, 0) is 0 Å². The lowest BCUT2D eigenvalue weighted by Gasteiger charge is -2.32. The molecule has 1 fully saturated rings. The van der Waals surface area contributed by atoms with E-state index in [9.17, 15) is 0 Å². The third-order valence-corrected chi connectivity index (χ3v) is 3.33. The van der Waals surface area contributed by atoms with E-state index in [4.69, 9.17) is 0 Å². The van der Waals surface area contributed by atoms with Crippen LogP contribution in [0.1, 0.15) is 46.0 Å². The van der Waals surface area contributed by atoms with Gasteiger partial charge in [0.05, 0.1) is 0 Å². The maximum atomic E-state index is 4.04. The van der Waals surface area contributed by atoms with E-state index in [1.807, 2.05) is 0 Å². The molecule has 2 atom stereocenters. The maximum absolute atomic E-state index is 4.04. The molecule has 0 aromatic heterocycles. The van der Waals surface area contributed by atoms with Crippen LogP contribution < -0.4 is 5.32 Å². The number of allylic oxidation sites excluding steroid dienone is 1. The molecule has 1 saturated carbocycles. The summed E-state index contributed by atoms with van der Waals surface area (Å²) in [5, 5.41) is 3.49. The molecule has 1 aliphatic rings. The van der Waals surface area contributed by atoms with Gasteiger partial charge in [0, 0.05) is 0 Å². The summed E-state index contributed by atoms with van der Waals surface area (Å²) in [6.45, 7) is 10.7. The zero-order valence-electron chi connectivity index (χ0n) is 9.81. The fourth-order valence-corrected chi connectivity index (χ4v) is 2.60. The molecule has 0 heterocycles. The molecule has 0 radical (unpaired) electrons. The largest absolute Gasteiger partial charge is 0.317 e. The van der Waals surface area contributed by atoms with Crippen LogP contribution in [0.15, 0.2) is 12.2 Å². The predicted molar refractivity (Wildman–Crippen MR) is 63.4 cm³/mol. The van der Waals surface area contributed by atoms with Crippen molar-refractivity contribution in [2.75, 3.05) is 13.1 Å². The fraction of sp³-hybridized carbons (Fsp3) is 0.846. The van der Waals surface area contributed by atoms with E-state index in [-0.39, 0.29) is 0 Å². The summed E-state index contributed by atoms with van der Waals surface area (Å²) in [6, 6.07) is 0. The van der Waals surface area contributed by atoms with E-state index in [1.54, 1.807) is 0 Å². The van der Waals surface area contributed by atoms with Gasteiger partial charge in [-0.15, -0.1) is 6.58 Å². The summed E-state index contributed by atoms with van der Waals surface area (Å²) in [4.78, 5) is 0. The van der Waals surface area contributed by atoms with E-state index in [2.05, 4.69) is 25.7 Å². The third kappa shape index (κ3) is 3.83. The Hall–Kier alpha value is -0.300. The molecular formula is C13H25N. The molecule has 0 amide bonds. The molecule has 1 rings (SSSR count). The lowest BCUT2D eigenvalue weighted by atomic mass is 9.76. The van der Waals surface area contributed by atoms with Gasteiger partial charge in [-0.2, -0.15) is 0 Å². The lowest BCUT2D eigenvalue weighted by Crippen LogP contribution is -2.30.